The lowest BCUT2D eigenvalue weighted by Gasteiger charge is -2.11. The monoisotopic (exact) mass is 492 g/mol. The molecule has 0 aliphatic heterocycles. The van der Waals surface area contributed by atoms with Crippen molar-refractivity contribution >= 4 is 38.8 Å². The fraction of sp³-hybridized carbons (Fsp3) is 0.0800. The molecule has 0 N–H and O–H groups in total. The van der Waals surface area contributed by atoms with Gasteiger partial charge < -0.3 is 13.9 Å². The average Bonchev–Trinajstić information content (AvgIpc) is 2.80. The fourth-order valence-corrected chi connectivity index (χ4v) is 3.46. The van der Waals surface area contributed by atoms with Crippen molar-refractivity contribution in [1.29, 1.82) is 0 Å². The quantitative estimate of drug-likeness (QED) is 0.265. The van der Waals surface area contributed by atoms with Crippen molar-refractivity contribution < 1.29 is 23.5 Å². The average molecular weight is 493 g/mol. The van der Waals surface area contributed by atoms with Crippen molar-refractivity contribution in [3.8, 4) is 16.9 Å². The molecule has 7 heteroatoms. The van der Waals surface area contributed by atoms with E-state index >= 15 is 0 Å². The molecule has 0 fully saturated rings. The van der Waals surface area contributed by atoms with Gasteiger partial charge in [0.05, 0.1) is 23.1 Å². The molecular weight excluding hydrogens is 476 g/mol. The lowest BCUT2D eigenvalue weighted by atomic mass is 10.0. The predicted molar refractivity (Wildman–Crippen MR) is 123 cm³/mol. The minimum Gasteiger partial charge on any atom is -0.460 e. The summed E-state index contributed by atoms with van der Waals surface area (Å²) in [7, 11) is 0. The van der Waals surface area contributed by atoms with Crippen LogP contribution in [0.2, 0.25) is 0 Å². The number of rotatable bonds is 5. The van der Waals surface area contributed by atoms with Gasteiger partial charge in [0, 0.05) is 10.5 Å². The molecule has 1 aromatic heterocycles. The van der Waals surface area contributed by atoms with Crippen LogP contribution in [-0.4, -0.2) is 18.5 Å². The van der Waals surface area contributed by atoms with Crippen molar-refractivity contribution in [3.05, 3.63) is 98.8 Å². The van der Waals surface area contributed by atoms with Gasteiger partial charge in [0.2, 0.25) is 11.2 Å². The molecule has 4 rings (SSSR count). The van der Waals surface area contributed by atoms with E-state index in [2.05, 4.69) is 15.9 Å². The van der Waals surface area contributed by atoms with Crippen LogP contribution < -0.4 is 10.2 Å². The highest BCUT2D eigenvalue weighted by atomic mass is 79.9. The number of hydrogen-bond donors (Lipinski definition) is 0. The molecule has 0 bridgehead atoms. The Morgan fingerprint density at radius 2 is 1.66 bits per heavy atom. The summed E-state index contributed by atoms with van der Waals surface area (Å²) in [5.74, 6) is -1.33. The summed E-state index contributed by atoms with van der Waals surface area (Å²) >= 11 is 3.36. The van der Waals surface area contributed by atoms with Crippen molar-refractivity contribution in [1.82, 2.24) is 0 Å². The maximum atomic E-state index is 13.3. The van der Waals surface area contributed by atoms with Gasteiger partial charge in [0.1, 0.15) is 11.3 Å². The van der Waals surface area contributed by atoms with E-state index in [1.807, 2.05) is 0 Å². The Morgan fingerprint density at radius 1 is 0.938 bits per heavy atom. The molecule has 0 saturated carbocycles. The summed E-state index contributed by atoms with van der Waals surface area (Å²) in [6.45, 7) is 1.78. The molecule has 32 heavy (non-hydrogen) atoms. The van der Waals surface area contributed by atoms with Gasteiger partial charge >= 0.3 is 11.9 Å². The lowest BCUT2D eigenvalue weighted by Crippen LogP contribution is -2.15. The second-order valence-electron chi connectivity index (χ2n) is 6.78. The van der Waals surface area contributed by atoms with Crippen LogP contribution in [0.1, 0.15) is 27.8 Å². The highest BCUT2D eigenvalue weighted by Crippen LogP contribution is 2.28. The number of carbonyl (C=O) groups is 2. The third kappa shape index (κ3) is 4.33. The second kappa shape index (κ2) is 9.20. The summed E-state index contributed by atoms with van der Waals surface area (Å²) in [4.78, 5) is 38.3. The number of halogens is 1. The molecule has 3 aromatic carbocycles. The summed E-state index contributed by atoms with van der Waals surface area (Å²) < 4.78 is 17.2. The van der Waals surface area contributed by atoms with Crippen LogP contribution in [0.25, 0.3) is 22.1 Å². The molecule has 1 heterocycles. The largest absolute Gasteiger partial charge is 0.460 e. The Hall–Kier alpha value is -3.71. The fourth-order valence-electron chi connectivity index (χ4n) is 3.20. The van der Waals surface area contributed by atoms with E-state index in [0.717, 1.165) is 4.47 Å². The van der Waals surface area contributed by atoms with Crippen molar-refractivity contribution in [2.24, 2.45) is 0 Å². The zero-order valence-electron chi connectivity index (χ0n) is 17.0. The van der Waals surface area contributed by atoms with E-state index in [4.69, 9.17) is 13.9 Å². The molecule has 160 valence electrons. The number of benzene rings is 3. The zero-order valence-corrected chi connectivity index (χ0v) is 18.5. The Kier molecular flexibility index (Phi) is 6.18. The first-order valence-corrected chi connectivity index (χ1v) is 10.6. The van der Waals surface area contributed by atoms with Gasteiger partial charge in [0.25, 0.3) is 0 Å². The van der Waals surface area contributed by atoms with Gasteiger partial charge in [-0.1, -0.05) is 46.3 Å². The molecule has 0 radical (unpaired) electrons. The minimum atomic E-state index is -0.754. The Labute approximate surface area is 191 Å². The predicted octanol–water partition coefficient (Wildman–Crippen LogP) is 5.62. The highest BCUT2D eigenvalue weighted by molar-refractivity contribution is 9.10. The third-order valence-electron chi connectivity index (χ3n) is 4.68. The lowest BCUT2D eigenvalue weighted by molar-refractivity contribution is 0.0491. The molecule has 0 amide bonds. The van der Waals surface area contributed by atoms with Gasteiger partial charge in [-0.25, -0.2) is 9.59 Å². The SMILES string of the molecule is CCOC(=O)c1oc2cc(OC(=O)c3ccccc3)ccc2c(=O)c1-c1ccc(Br)cc1. The topological polar surface area (TPSA) is 82.8 Å². The van der Waals surface area contributed by atoms with Crippen LogP contribution in [0, 0.1) is 0 Å². The summed E-state index contributed by atoms with van der Waals surface area (Å²) in [6.07, 6.45) is 0. The van der Waals surface area contributed by atoms with Crippen LogP contribution in [-0.2, 0) is 4.74 Å². The number of esters is 2. The van der Waals surface area contributed by atoms with Crippen LogP contribution >= 0.6 is 15.9 Å². The maximum Gasteiger partial charge on any atom is 0.375 e. The van der Waals surface area contributed by atoms with Crippen molar-refractivity contribution in [3.63, 3.8) is 0 Å². The van der Waals surface area contributed by atoms with Gasteiger partial charge in [-0.05, 0) is 48.9 Å². The third-order valence-corrected chi connectivity index (χ3v) is 5.21. The van der Waals surface area contributed by atoms with E-state index in [1.165, 1.54) is 18.2 Å². The Bertz CT molecular complexity index is 1360. The molecule has 0 saturated heterocycles. The first kappa shape index (κ1) is 21.5. The number of fused-ring (bicyclic) bond motifs is 1. The molecule has 0 spiro atoms. The standard InChI is InChI=1S/C25H17BrO6/c1-2-30-25(29)23-21(15-8-10-17(26)11-9-15)22(27)19-13-12-18(14-20(19)32-23)31-24(28)16-6-4-3-5-7-16/h3-14H,2H2,1H3. The smallest absolute Gasteiger partial charge is 0.375 e. The molecule has 0 atom stereocenters. The molecular formula is C25H17BrO6. The Balaban J connectivity index is 1.82. The van der Waals surface area contributed by atoms with Gasteiger partial charge in [-0.15, -0.1) is 0 Å². The van der Waals surface area contributed by atoms with Crippen LogP contribution in [0.3, 0.4) is 0 Å². The van der Waals surface area contributed by atoms with E-state index in [9.17, 15) is 14.4 Å². The van der Waals surface area contributed by atoms with Gasteiger partial charge in [-0.3, -0.25) is 4.79 Å². The zero-order chi connectivity index (χ0) is 22.7. The van der Waals surface area contributed by atoms with Crippen LogP contribution in [0.5, 0.6) is 5.75 Å². The van der Waals surface area contributed by atoms with E-state index in [0.29, 0.717) is 11.1 Å². The minimum absolute atomic E-state index is 0.109. The van der Waals surface area contributed by atoms with Crippen molar-refractivity contribution in [2.75, 3.05) is 6.61 Å². The number of hydrogen-bond acceptors (Lipinski definition) is 6. The Morgan fingerprint density at radius 3 is 2.34 bits per heavy atom. The molecule has 0 aliphatic rings. The normalized spacial score (nSPS) is 10.7. The molecule has 4 aromatic rings. The van der Waals surface area contributed by atoms with E-state index in [-0.39, 0.29) is 34.6 Å². The summed E-state index contributed by atoms with van der Waals surface area (Å²) in [5.41, 5.74) is 0.727. The van der Waals surface area contributed by atoms with Crippen LogP contribution in [0.4, 0.5) is 0 Å². The maximum absolute atomic E-state index is 13.3. The summed E-state index contributed by atoms with van der Waals surface area (Å²) in [5, 5.41) is 0.246. The molecule has 0 aliphatic carbocycles. The second-order valence-corrected chi connectivity index (χ2v) is 7.69. The molecule has 0 unspecified atom stereocenters. The number of ether oxygens (including phenoxy) is 2. The first-order chi connectivity index (χ1) is 15.5. The highest BCUT2D eigenvalue weighted by Gasteiger charge is 2.23. The van der Waals surface area contributed by atoms with Crippen molar-refractivity contribution in [2.45, 2.75) is 6.92 Å². The first-order valence-electron chi connectivity index (χ1n) is 9.79. The summed E-state index contributed by atoms with van der Waals surface area (Å²) in [6, 6.07) is 19.9. The van der Waals surface area contributed by atoms with E-state index < -0.39 is 17.4 Å². The van der Waals surface area contributed by atoms with Gasteiger partial charge in [-0.2, -0.15) is 0 Å². The molecule has 6 nitrogen and oxygen atoms in total. The van der Waals surface area contributed by atoms with Crippen LogP contribution in [0.15, 0.2) is 86.5 Å². The van der Waals surface area contributed by atoms with E-state index in [1.54, 1.807) is 61.5 Å². The van der Waals surface area contributed by atoms with Gasteiger partial charge in [0.15, 0.2) is 0 Å². The number of carbonyl (C=O) groups excluding carboxylic acids is 2.